The standard InChI is InChI=1S/C21H25N5O2S/c1-12-8-15-9-16(11-18(12)25(15)3)28-21-23-22-20(29-21)17-5-4-14(10-19(17)27)26-7-6-13(2)24-26/h4-7,10,12,15-16,18,27H,8-9,11H2,1-3H3. The van der Waals surface area contributed by atoms with Crippen LogP contribution < -0.4 is 4.74 Å². The first-order valence-electron chi connectivity index (χ1n) is 10.1. The summed E-state index contributed by atoms with van der Waals surface area (Å²) in [6, 6.07) is 8.58. The summed E-state index contributed by atoms with van der Waals surface area (Å²) in [5.74, 6) is 0.877. The summed E-state index contributed by atoms with van der Waals surface area (Å²) < 4.78 is 7.93. The maximum atomic E-state index is 10.5. The molecule has 4 unspecified atom stereocenters. The maximum absolute atomic E-state index is 10.5. The Labute approximate surface area is 174 Å². The van der Waals surface area contributed by atoms with Gasteiger partial charge in [0.2, 0.25) is 0 Å². The number of nitrogens with zero attached hydrogens (tertiary/aromatic N) is 5. The second-order valence-corrected chi connectivity index (χ2v) is 9.23. The minimum Gasteiger partial charge on any atom is -0.507 e. The highest BCUT2D eigenvalue weighted by Gasteiger charge is 2.43. The summed E-state index contributed by atoms with van der Waals surface area (Å²) in [4.78, 5) is 2.51. The average molecular weight is 412 g/mol. The number of aromatic hydroxyl groups is 1. The maximum Gasteiger partial charge on any atom is 0.294 e. The zero-order chi connectivity index (χ0) is 20.1. The monoisotopic (exact) mass is 411 g/mol. The van der Waals surface area contributed by atoms with Gasteiger partial charge in [-0.1, -0.05) is 23.4 Å². The van der Waals surface area contributed by atoms with Gasteiger partial charge in [0.15, 0.2) is 5.01 Å². The van der Waals surface area contributed by atoms with Crippen LogP contribution in [0, 0.1) is 12.8 Å². The number of hydrogen-bond donors (Lipinski definition) is 1. The minimum atomic E-state index is 0.157. The van der Waals surface area contributed by atoms with Gasteiger partial charge < -0.3 is 9.84 Å². The van der Waals surface area contributed by atoms with E-state index in [-0.39, 0.29) is 11.9 Å². The fourth-order valence-corrected chi connectivity index (χ4v) is 5.56. The van der Waals surface area contributed by atoms with Gasteiger partial charge in [0.1, 0.15) is 11.9 Å². The predicted molar refractivity (Wildman–Crippen MR) is 112 cm³/mol. The van der Waals surface area contributed by atoms with Crippen molar-refractivity contribution in [2.24, 2.45) is 5.92 Å². The van der Waals surface area contributed by atoms with Crippen molar-refractivity contribution in [3.05, 3.63) is 36.2 Å². The second-order valence-electron chi connectivity index (χ2n) is 8.29. The van der Waals surface area contributed by atoms with E-state index in [1.807, 2.05) is 31.3 Å². The molecule has 2 aromatic heterocycles. The van der Waals surface area contributed by atoms with Gasteiger partial charge in [-0.05, 0) is 50.9 Å². The minimum absolute atomic E-state index is 0.157. The Morgan fingerprint density at radius 1 is 1.17 bits per heavy atom. The Balaban J connectivity index is 1.31. The lowest BCUT2D eigenvalue weighted by Gasteiger charge is -2.36. The molecule has 4 heterocycles. The van der Waals surface area contributed by atoms with Crippen LogP contribution >= 0.6 is 11.3 Å². The SMILES string of the molecule is Cc1ccn(-c2ccc(-c3nnc(OC4CC5CC(C)C(C4)N5C)s3)c(O)c2)n1. The number of phenolic OH excluding ortho intramolecular Hbond substituents is 1. The van der Waals surface area contributed by atoms with E-state index in [1.165, 1.54) is 17.8 Å². The largest absolute Gasteiger partial charge is 0.507 e. The number of benzene rings is 1. The fraction of sp³-hybridized carbons (Fsp3) is 0.476. The molecule has 2 bridgehead atoms. The highest BCUT2D eigenvalue weighted by molar-refractivity contribution is 7.16. The van der Waals surface area contributed by atoms with Gasteiger partial charge >= 0.3 is 0 Å². The third kappa shape index (κ3) is 3.40. The van der Waals surface area contributed by atoms with Crippen molar-refractivity contribution >= 4 is 11.3 Å². The molecule has 0 saturated carbocycles. The van der Waals surface area contributed by atoms with E-state index in [0.29, 0.717) is 27.8 Å². The second kappa shape index (κ2) is 7.11. The molecule has 0 amide bonds. The summed E-state index contributed by atoms with van der Waals surface area (Å²) in [5, 5.41) is 24.6. The van der Waals surface area contributed by atoms with Gasteiger partial charge in [0, 0.05) is 30.8 Å². The molecule has 1 N–H and O–H groups in total. The molecule has 4 atom stereocenters. The Morgan fingerprint density at radius 3 is 2.76 bits per heavy atom. The Hall–Kier alpha value is -2.45. The molecule has 2 aliphatic heterocycles. The average Bonchev–Trinajstić information content (AvgIpc) is 3.35. The predicted octanol–water partition coefficient (Wildman–Crippen LogP) is 3.65. The summed E-state index contributed by atoms with van der Waals surface area (Å²) in [5.41, 5.74) is 2.38. The van der Waals surface area contributed by atoms with E-state index in [4.69, 9.17) is 4.74 Å². The van der Waals surface area contributed by atoms with E-state index in [1.54, 1.807) is 10.7 Å². The smallest absolute Gasteiger partial charge is 0.294 e. The number of phenols is 1. The van der Waals surface area contributed by atoms with Gasteiger partial charge in [-0.25, -0.2) is 4.68 Å². The number of fused-ring (bicyclic) bond motifs is 2. The van der Waals surface area contributed by atoms with E-state index in [9.17, 15) is 5.11 Å². The summed E-state index contributed by atoms with van der Waals surface area (Å²) in [7, 11) is 2.23. The van der Waals surface area contributed by atoms with Crippen molar-refractivity contribution in [2.45, 2.75) is 51.3 Å². The van der Waals surface area contributed by atoms with Crippen LogP contribution in [0.25, 0.3) is 16.3 Å². The molecule has 8 heteroatoms. The van der Waals surface area contributed by atoms with Crippen LogP contribution in [0.4, 0.5) is 0 Å². The number of ether oxygens (including phenoxy) is 1. The molecule has 3 aromatic rings. The molecule has 29 heavy (non-hydrogen) atoms. The quantitative estimate of drug-likeness (QED) is 0.706. The van der Waals surface area contributed by atoms with Crippen molar-refractivity contribution in [1.29, 1.82) is 0 Å². The summed E-state index contributed by atoms with van der Waals surface area (Å²) in [6.07, 6.45) is 5.38. The molecule has 2 aliphatic rings. The zero-order valence-electron chi connectivity index (χ0n) is 16.8. The van der Waals surface area contributed by atoms with Crippen molar-refractivity contribution in [1.82, 2.24) is 24.9 Å². The topological polar surface area (TPSA) is 76.3 Å². The Kier molecular flexibility index (Phi) is 4.55. The first kappa shape index (κ1) is 18.6. The third-order valence-corrected chi connectivity index (χ3v) is 7.16. The van der Waals surface area contributed by atoms with Crippen LogP contribution in [0.5, 0.6) is 10.9 Å². The van der Waals surface area contributed by atoms with Gasteiger partial charge in [-0.15, -0.1) is 5.10 Å². The van der Waals surface area contributed by atoms with Crippen molar-refractivity contribution in [3.63, 3.8) is 0 Å². The number of piperidine rings is 1. The molecule has 152 valence electrons. The van der Waals surface area contributed by atoms with Crippen molar-refractivity contribution < 1.29 is 9.84 Å². The number of aromatic nitrogens is 4. The molecule has 2 fully saturated rings. The van der Waals surface area contributed by atoms with Crippen LogP contribution in [-0.4, -0.2) is 55.2 Å². The van der Waals surface area contributed by atoms with Crippen LogP contribution in [-0.2, 0) is 0 Å². The molecule has 0 spiro atoms. The van der Waals surface area contributed by atoms with Crippen LogP contribution in [0.2, 0.25) is 0 Å². The molecular weight excluding hydrogens is 386 g/mol. The van der Waals surface area contributed by atoms with Crippen molar-refractivity contribution in [2.75, 3.05) is 7.05 Å². The van der Waals surface area contributed by atoms with Crippen molar-refractivity contribution in [3.8, 4) is 27.2 Å². The number of rotatable bonds is 4. The lowest BCUT2D eigenvalue weighted by atomic mass is 9.98. The van der Waals surface area contributed by atoms with E-state index in [2.05, 4.69) is 34.2 Å². The molecule has 2 saturated heterocycles. The van der Waals surface area contributed by atoms with E-state index < -0.39 is 0 Å². The van der Waals surface area contributed by atoms with Gasteiger partial charge in [0.05, 0.1) is 16.9 Å². The van der Waals surface area contributed by atoms with Gasteiger partial charge in [-0.2, -0.15) is 5.10 Å². The lowest BCUT2D eigenvalue weighted by molar-refractivity contribution is 0.0601. The van der Waals surface area contributed by atoms with Crippen LogP contribution in [0.1, 0.15) is 31.9 Å². The molecule has 1 aromatic carbocycles. The molecule has 5 rings (SSSR count). The Morgan fingerprint density at radius 2 is 2.03 bits per heavy atom. The van der Waals surface area contributed by atoms with Crippen LogP contribution in [0.3, 0.4) is 0 Å². The highest BCUT2D eigenvalue weighted by Crippen LogP contribution is 2.41. The number of aryl methyl sites for hydroxylation is 1. The number of hydrogen-bond acceptors (Lipinski definition) is 7. The molecular formula is C21H25N5O2S. The fourth-order valence-electron chi connectivity index (χ4n) is 4.76. The highest BCUT2D eigenvalue weighted by atomic mass is 32.1. The van der Waals surface area contributed by atoms with Crippen LogP contribution in [0.15, 0.2) is 30.5 Å². The first-order chi connectivity index (χ1) is 14.0. The van der Waals surface area contributed by atoms with E-state index in [0.717, 1.165) is 30.1 Å². The summed E-state index contributed by atoms with van der Waals surface area (Å²) in [6.45, 7) is 4.27. The lowest BCUT2D eigenvalue weighted by Crippen LogP contribution is -2.44. The first-order valence-corrected chi connectivity index (χ1v) is 10.9. The Bertz CT molecular complexity index is 1030. The zero-order valence-corrected chi connectivity index (χ0v) is 17.6. The summed E-state index contributed by atoms with van der Waals surface area (Å²) >= 11 is 1.38. The molecule has 7 nitrogen and oxygen atoms in total. The third-order valence-electron chi connectivity index (χ3n) is 6.31. The van der Waals surface area contributed by atoms with Gasteiger partial charge in [-0.3, -0.25) is 4.90 Å². The van der Waals surface area contributed by atoms with Gasteiger partial charge in [0.25, 0.3) is 5.19 Å². The molecule has 0 radical (unpaired) electrons. The molecule has 0 aliphatic carbocycles. The van der Waals surface area contributed by atoms with E-state index >= 15 is 0 Å². The normalized spacial score (nSPS) is 26.7.